The first kappa shape index (κ1) is 17.7. The smallest absolute Gasteiger partial charge is 0.410 e. The largest absolute Gasteiger partial charge is 0.444 e. The summed E-state index contributed by atoms with van der Waals surface area (Å²) in [7, 11) is 0. The first-order valence-electron chi connectivity index (χ1n) is 8.94. The third-order valence-corrected chi connectivity index (χ3v) is 4.78. The third-order valence-electron chi connectivity index (χ3n) is 4.78. The molecule has 2 heterocycles. The number of hydrogen-bond acceptors (Lipinski definition) is 4. The van der Waals surface area contributed by atoms with Gasteiger partial charge in [0.05, 0.1) is 0 Å². The molecule has 2 amide bonds. The zero-order valence-electron chi connectivity index (χ0n) is 15.4. The van der Waals surface area contributed by atoms with Gasteiger partial charge >= 0.3 is 6.09 Å². The predicted octanol–water partition coefficient (Wildman–Crippen LogP) is 2.65. The van der Waals surface area contributed by atoms with Gasteiger partial charge in [-0.15, -0.1) is 0 Å². The third kappa shape index (κ3) is 4.11. The van der Waals surface area contributed by atoms with E-state index in [1.807, 2.05) is 50.9 Å². The molecule has 0 aromatic carbocycles. The number of carbonyl (C=O) groups excluding carboxylic acids is 2. The van der Waals surface area contributed by atoms with Gasteiger partial charge in [0.2, 0.25) is 5.91 Å². The Bertz CT molecular complexity index is 641. The van der Waals surface area contributed by atoms with Crippen LogP contribution in [0.25, 0.3) is 0 Å². The molecule has 0 N–H and O–H groups in total. The number of aromatic nitrogens is 1. The number of nitrogens with zero attached hydrogens (tertiary/aromatic N) is 3. The quantitative estimate of drug-likeness (QED) is 0.827. The van der Waals surface area contributed by atoms with E-state index < -0.39 is 5.60 Å². The van der Waals surface area contributed by atoms with E-state index in [9.17, 15) is 9.59 Å². The zero-order chi connectivity index (χ0) is 18.2. The summed E-state index contributed by atoms with van der Waals surface area (Å²) in [5.41, 5.74) is 0.638. The van der Waals surface area contributed by atoms with E-state index in [1.54, 1.807) is 11.1 Å². The van der Waals surface area contributed by atoms with Crippen molar-refractivity contribution < 1.29 is 14.3 Å². The van der Waals surface area contributed by atoms with Gasteiger partial charge in [0.15, 0.2) is 0 Å². The minimum absolute atomic E-state index is 0.00363. The maximum Gasteiger partial charge on any atom is 0.410 e. The Morgan fingerprint density at radius 3 is 2.64 bits per heavy atom. The molecular weight excluding hydrogens is 318 g/mol. The van der Waals surface area contributed by atoms with Gasteiger partial charge in [0.1, 0.15) is 5.60 Å². The molecule has 6 nitrogen and oxygen atoms in total. The highest BCUT2D eigenvalue weighted by molar-refractivity contribution is 5.83. The number of hydrogen-bond donors (Lipinski definition) is 0. The summed E-state index contributed by atoms with van der Waals surface area (Å²) in [6, 6.07) is 3.95. The van der Waals surface area contributed by atoms with Crippen molar-refractivity contribution in [2.45, 2.75) is 51.7 Å². The first-order valence-corrected chi connectivity index (χ1v) is 8.94. The van der Waals surface area contributed by atoms with Gasteiger partial charge in [0, 0.05) is 44.0 Å². The van der Waals surface area contributed by atoms with Crippen molar-refractivity contribution in [2.24, 2.45) is 5.92 Å². The van der Waals surface area contributed by atoms with E-state index in [1.165, 1.54) is 0 Å². The van der Waals surface area contributed by atoms with Gasteiger partial charge in [-0.25, -0.2) is 4.79 Å². The molecule has 0 radical (unpaired) electrons. The van der Waals surface area contributed by atoms with Crippen LogP contribution in [0.3, 0.4) is 0 Å². The number of pyridine rings is 1. The molecule has 1 aliphatic heterocycles. The van der Waals surface area contributed by atoms with Gasteiger partial charge in [-0.3, -0.25) is 9.78 Å². The standard InChI is InChI=1S/C19H27N3O3/c1-13-12-21(18(24)25-19(2,3)4)8-9-22(13)17(23)16-10-15(16)14-6-5-7-20-11-14/h5-7,11,13,15-16H,8-10,12H2,1-4H3/t13-,15+,16+/m1/s1. The topological polar surface area (TPSA) is 62.7 Å². The molecule has 1 saturated heterocycles. The van der Waals surface area contributed by atoms with E-state index in [-0.39, 0.29) is 29.9 Å². The number of carbonyl (C=O) groups is 2. The molecule has 136 valence electrons. The lowest BCUT2D eigenvalue weighted by atomic mass is 10.1. The summed E-state index contributed by atoms with van der Waals surface area (Å²) in [5, 5.41) is 0. The molecule has 6 heteroatoms. The average molecular weight is 345 g/mol. The molecule has 2 fully saturated rings. The van der Waals surface area contributed by atoms with Crippen LogP contribution >= 0.6 is 0 Å². The lowest BCUT2D eigenvalue weighted by Crippen LogP contribution is -2.56. The second-order valence-electron chi connectivity index (χ2n) is 8.04. The van der Waals surface area contributed by atoms with Crippen LogP contribution < -0.4 is 0 Å². The normalized spacial score (nSPS) is 26.3. The Balaban J connectivity index is 1.55. The summed E-state index contributed by atoms with van der Waals surface area (Å²) in [6.45, 7) is 9.19. The maximum absolute atomic E-state index is 12.8. The van der Waals surface area contributed by atoms with E-state index in [0.29, 0.717) is 19.6 Å². The molecule has 1 aromatic heterocycles. The molecule has 25 heavy (non-hydrogen) atoms. The van der Waals surface area contributed by atoms with Gasteiger partial charge < -0.3 is 14.5 Å². The van der Waals surface area contributed by atoms with E-state index >= 15 is 0 Å². The van der Waals surface area contributed by atoms with Crippen molar-refractivity contribution in [3.8, 4) is 0 Å². The fraction of sp³-hybridized carbons (Fsp3) is 0.632. The molecule has 0 bridgehead atoms. The van der Waals surface area contributed by atoms with E-state index in [0.717, 1.165) is 12.0 Å². The Morgan fingerprint density at radius 1 is 1.28 bits per heavy atom. The lowest BCUT2D eigenvalue weighted by molar-refractivity contribution is -0.137. The first-order chi connectivity index (χ1) is 11.8. The second kappa shape index (κ2) is 6.65. The lowest BCUT2D eigenvalue weighted by Gasteiger charge is -2.40. The molecule has 0 spiro atoms. The van der Waals surface area contributed by atoms with Crippen molar-refractivity contribution in [1.29, 1.82) is 0 Å². The summed E-state index contributed by atoms with van der Waals surface area (Å²) in [5.74, 6) is 0.544. The van der Waals surface area contributed by atoms with E-state index in [4.69, 9.17) is 4.74 Å². The summed E-state index contributed by atoms with van der Waals surface area (Å²) in [6.07, 6.45) is 4.19. The predicted molar refractivity (Wildman–Crippen MR) is 94.1 cm³/mol. The molecule has 0 unspecified atom stereocenters. The van der Waals surface area contributed by atoms with Gasteiger partial charge in [0.25, 0.3) is 0 Å². The number of piperazine rings is 1. The molecule has 3 rings (SSSR count). The van der Waals surface area contributed by atoms with E-state index in [2.05, 4.69) is 4.98 Å². The highest BCUT2D eigenvalue weighted by Crippen LogP contribution is 2.48. The molecular formula is C19H27N3O3. The SMILES string of the molecule is C[C@@H]1CN(C(=O)OC(C)(C)C)CCN1C(=O)[C@H]1C[C@H]1c1cccnc1. The molecule has 1 saturated carbocycles. The van der Waals surface area contributed by atoms with Crippen LogP contribution in [0.4, 0.5) is 4.79 Å². The monoisotopic (exact) mass is 345 g/mol. The summed E-state index contributed by atoms with van der Waals surface area (Å²) in [4.78, 5) is 32.8. The van der Waals surface area contributed by atoms with Crippen LogP contribution in [0, 0.1) is 5.92 Å². The second-order valence-corrected chi connectivity index (χ2v) is 8.04. The maximum atomic E-state index is 12.8. The average Bonchev–Trinajstić information content (AvgIpc) is 3.34. The van der Waals surface area contributed by atoms with Crippen LogP contribution in [-0.4, -0.2) is 58.1 Å². The fourth-order valence-corrected chi connectivity index (χ4v) is 3.42. The molecule has 1 aromatic rings. The van der Waals surface area contributed by atoms with Crippen molar-refractivity contribution in [1.82, 2.24) is 14.8 Å². The molecule has 3 atom stereocenters. The Labute approximate surface area is 149 Å². The van der Waals surface area contributed by atoms with Crippen LogP contribution in [0.1, 0.15) is 45.6 Å². The van der Waals surface area contributed by atoms with Crippen molar-refractivity contribution >= 4 is 12.0 Å². The summed E-state index contributed by atoms with van der Waals surface area (Å²) < 4.78 is 5.43. The number of rotatable bonds is 2. The van der Waals surface area contributed by atoms with Gasteiger partial charge in [-0.1, -0.05) is 6.07 Å². The Kier molecular flexibility index (Phi) is 4.71. The zero-order valence-corrected chi connectivity index (χ0v) is 15.4. The highest BCUT2D eigenvalue weighted by Gasteiger charge is 2.47. The highest BCUT2D eigenvalue weighted by atomic mass is 16.6. The van der Waals surface area contributed by atoms with Crippen LogP contribution in [0.15, 0.2) is 24.5 Å². The Hall–Kier alpha value is -2.11. The van der Waals surface area contributed by atoms with Crippen molar-refractivity contribution in [2.75, 3.05) is 19.6 Å². The van der Waals surface area contributed by atoms with Crippen molar-refractivity contribution in [3.05, 3.63) is 30.1 Å². The minimum Gasteiger partial charge on any atom is -0.444 e. The molecule has 1 aliphatic carbocycles. The Morgan fingerprint density at radius 2 is 2.04 bits per heavy atom. The molecule has 2 aliphatic rings. The van der Waals surface area contributed by atoms with Gasteiger partial charge in [-0.2, -0.15) is 0 Å². The fourth-order valence-electron chi connectivity index (χ4n) is 3.42. The number of amides is 2. The van der Waals surface area contributed by atoms with Crippen LogP contribution in [-0.2, 0) is 9.53 Å². The van der Waals surface area contributed by atoms with Gasteiger partial charge in [-0.05, 0) is 51.7 Å². The van der Waals surface area contributed by atoms with Crippen LogP contribution in [0.5, 0.6) is 0 Å². The number of ether oxygens (including phenoxy) is 1. The van der Waals surface area contributed by atoms with Crippen LogP contribution in [0.2, 0.25) is 0 Å². The minimum atomic E-state index is -0.502. The summed E-state index contributed by atoms with van der Waals surface area (Å²) >= 11 is 0. The van der Waals surface area contributed by atoms with Crippen molar-refractivity contribution in [3.63, 3.8) is 0 Å².